The zero-order chi connectivity index (χ0) is 13.4. The van der Waals surface area contributed by atoms with Crippen LogP contribution in [-0.4, -0.2) is 20.9 Å². The van der Waals surface area contributed by atoms with Crippen molar-refractivity contribution in [1.29, 1.82) is 0 Å². The van der Waals surface area contributed by atoms with Crippen LogP contribution in [0.2, 0.25) is 0 Å². The number of aromatic carboxylic acids is 1. The van der Waals surface area contributed by atoms with E-state index in [1.165, 1.54) is 0 Å². The molecule has 2 aromatic heterocycles. The summed E-state index contributed by atoms with van der Waals surface area (Å²) < 4.78 is 7.30. The monoisotopic (exact) mass is 256 g/mol. The maximum atomic E-state index is 11.4. The average Bonchev–Trinajstić information content (AvgIpc) is 2.92. The van der Waals surface area contributed by atoms with Crippen LogP contribution in [0.4, 0.5) is 0 Å². The Balaban J connectivity index is 2.12. The SMILES string of the molecule is Cc1ccn(Cc2oc3ccccc3c2C(=O)O)n1. The van der Waals surface area contributed by atoms with Crippen LogP contribution in [0.25, 0.3) is 11.0 Å². The number of para-hydroxylation sites is 1. The van der Waals surface area contributed by atoms with Crippen LogP contribution in [-0.2, 0) is 6.54 Å². The lowest BCUT2D eigenvalue weighted by Crippen LogP contribution is -2.05. The lowest BCUT2D eigenvalue weighted by Gasteiger charge is -1.99. The number of hydrogen-bond donors (Lipinski definition) is 1. The van der Waals surface area contributed by atoms with Gasteiger partial charge in [-0.05, 0) is 19.1 Å². The largest absolute Gasteiger partial charge is 0.478 e. The van der Waals surface area contributed by atoms with Crippen LogP contribution < -0.4 is 0 Å². The van der Waals surface area contributed by atoms with E-state index >= 15 is 0 Å². The third kappa shape index (κ3) is 1.99. The third-order valence-electron chi connectivity index (χ3n) is 2.96. The first kappa shape index (κ1) is 11.5. The number of carboxylic acids is 1. The molecule has 0 amide bonds. The van der Waals surface area contributed by atoms with Crippen molar-refractivity contribution in [3.8, 4) is 0 Å². The minimum atomic E-state index is -0.983. The summed E-state index contributed by atoms with van der Waals surface area (Å²) in [7, 11) is 0. The number of carboxylic acid groups (broad SMARTS) is 1. The van der Waals surface area contributed by atoms with Gasteiger partial charge in [0.25, 0.3) is 0 Å². The molecular weight excluding hydrogens is 244 g/mol. The minimum Gasteiger partial charge on any atom is -0.478 e. The van der Waals surface area contributed by atoms with Crippen molar-refractivity contribution in [2.45, 2.75) is 13.5 Å². The molecule has 0 unspecified atom stereocenters. The van der Waals surface area contributed by atoms with Crippen LogP contribution in [0.1, 0.15) is 21.8 Å². The number of benzene rings is 1. The molecule has 0 radical (unpaired) electrons. The van der Waals surface area contributed by atoms with Crippen LogP contribution in [0.3, 0.4) is 0 Å². The molecule has 19 heavy (non-hydrogen) atoms. The molecule has 3 rings (SSSR count). The predicted molar refractivity (Wildman–Crippen MR) is 69.2 cm³/mol. The minimum absolute atomic E-state index is 0.212. The van der Waals surface area contributed by atoms with Crippen molar-refractivity contribution in [2.24, 2.45) is 0 Å². The molecule has 5 heteroatoms. The number of carbonyl (C=O) groups is 1. The highest BCUT2D eigenvalue weighted by Crippen LogP contribution is 2.26. The van der Waals surface area contributed by atoms with E-state index in [1.807, 2.05) is 19.1 Å². The Morgan fingerprint density at radius 1 is 1.37 bits per heavy atom. The number of rotatable bonds is 3. The maximum Gasteiger partial charge on any atom is 0.339 e. The van der Waals surface area contributed by atoms with E-state index in [9.17, 15) is 9.90 Å². The Bertz CT molecular complexity index is 755. The van der Waals surface area contributed by atoms with Gasteiger partial charge in [-0.2, -0.15) is 5.10 Å². The highest BCUT2D eigenvalue weighted by atomic mass is 16.4. The lowest BCUT2D eigenvalue weighted by molar-refractivity contribution is 0.0696. The third-order valence-corrected chi connectivity index (χ3v) is 2.96. The fraction of sp³-hybridized carbons (Fsp3) is 0.143. The van der Waals surface area contributed by atoms with E-state index in [0.29, 0.717) is 23.3 Å². The summed E-state index contributed by atoms with van der Waals surface area (Å²) in [6.07, 6.45) is 1.80. The summed E-state index contributed by atoms with van der Waals surface area (Å²) in [5.41, 5.74) is 1.68. The second-order valence-corrected chi connectivity index (χ2v) is 4.36. The number of aromatic nitrogens is 2. The van der Waals surface area contributed by atoms with E-state index in [2.05, 4.69) is 5.10 Å². The van der Waals surface area contributed by atoms with E-state index < -0.39 is 5.97 Å². The smallest absolute Gasteiger partial charge is 0.339 e. The normalized spacial score (nSPS) is 11.0. The van der Waals surface area contributed by atoms with Gasteiger partial charge < -0.3 is 9.52 Å². The quantitative estimate of drug-likeness (QED) is 0.782. The Morgan fingerprint density at radius 2 is 2.16 bits per heavy atom. The van der Waals surface area contributed by atoms with Crippen molar-refractivity contribution in [3.05, 3.63) is 53.5 Å². The molecule has 0 fully saturated rings. The molecule has 0 aliphatic carbocycles. The highest BCUT2D eigenvalue weighted by molar-refractivity contribution is 6.03. The summed E-state index contributed by atoms with van der Waals surface area (Å²) in [6.45, 7) is 2.19. The first-order chi connectivity index (χ1) is 9.15. The number of furan rings is 1. The van der Waals surface area contributed by atoms with Gasteiger partial charge in [0, 0.05) is 11.6 Å². The van der Waals surface area contributed by atoms with Gasteiger partial charge in [0.1, 0.15) is 16.9 Å². The van der Waals surface area contributed by atoms with Gasteiger partial charge in [-0.15, -0.1) is 0 Å². The van der Waals surface area contributed by atoms with E-state index in [0.717, 1.165) is 5.69 Å². The molecule has 0 atom stereocenters. The van der Waals surface area contributed by atoms with Gasteiger partial charge in [0.15, 0.2) is 0 Å². The molecule has 5 nitrogen and oxygen atoms in total. The highest BCUT2D eigenvalue weighted by Gasteiger charge is 2.20. The van der Waals surface area contributed by atoms with Gasteiger partial charge in [-0.3, -0.25) is 4.68 Å². The van der Waals surface area contributed by atoms with E-state index in [4.69, 9.17) is 4.42 Å². The Kier molecular flexibility index (Phi) is 2.59. The zero-order valence-corrected chi connectivity index (χ0v) is 10.3. The number of fused-ring (bicyclic) bond motifs is 1. The molecule has 0 spiro atoms. The molecule has 2 heterocycles. The van der Waals surface area contributed by atoms with Crippen LogP contribution in [0, 0.1) is 6.92 Å². The average molecular weight is 256 g/mol. The van der Waals surface area contributed by atoms with Crippen LogP contribution in [0.5, 0.6) is 0 Å². The van der Waals surface area contributed by atoms with Crippen molar-refractivity contribution in [3.63, 3.8) is 0 Å². The summed E-state index contributed by atoms with van der Waals surface area (Å²) in [5.74, 6) is -0.569. The molecule has 96 valence electrons. The lowest BCUT2D eigenvalue weighted by atomic mass is 10.1. The van der Waals surface area contributed by atoms with Gasteiger partial charge in [-0.1, -0.05) is 18.2 Å². The molecular formula is C14H12N2O3. The van der Waals surface area contributed by atoms with Crippen molar-refractivity contribution < 1.29 is 14.3 Å². The Labute approximate surface area is 109 Å². The Hall–Kier alpha value is -2.56. The molecule has 0 saturated heterocycles. The van der Waals surface area contributed by atoms with Gasteiger partial charge in [0.2, 0.25) is 0 Å². The molecule has 0 aliphatic heterocycles. The standard InChI is InChI=1S/C14H12N2O3/c1-9-6-7-16(15-9)8-12-13(14(17)18)10-4-2-3-5-11(10)19-12/h2-7H,8H2,1H3,(H,17,18). The number of nitrogens with zero attached hydrogens (tertiary/aromatic N) is 2. The van der Waals surface area contributed by atoms with Gasteiger partial charge >= 0.3 is 5.97 Å². The van der Waals surface area contributed by atoms with Crippen LogP contribution >= 0.6 is 0 Å². The van der Waals surface area contributed by atoms with Gasteiger partial charge in [0.05, 0.1) is 12.2 Å². The molecule has 0 bridgehead atoms. The summed E-state index contributed by atoms with van der Waals surface area (Å²) >= 11 is 0. The fourth-order valence-corrected chi connectivity index (χ4v) is 2.14. The summed E-state index contributed by atoms with van der Waals surface area (Å²) in [6, 6.07) is 8.99. The molecule has 3 aromatic rings. The second-order valence-electron chi connectivity index (χ2n) is 4.36. The summed E-state index contributed by atoms with van der Waals surface area (Å²) in [5, 5.41) is 14.2. The number of hydrogen-bond acceptors (Lipinski definition) is 3. The van der Waals surface area contributed by atoms with Crippen LogP contribution in [0.15, 0.2) is 40.9 Å². The van der Waals surface area contributed by atoms with E-state index in [-0.39, 0.29) is 5.56 Å². The predicted octanol–water partition coefficient (Wildman–Crippen LogP) is 2.68. The second kappa shape index (κ2) is 4.28. The Morgan fingerprint density at radius 3 is 2.84 bits per heavy atom. The summed E-state index contributed by atoms with van der Waals surface area (Å²) in [4.78, 5) is 11.4. The molecule has 0 saturated carbocycles. The first-order valence-electron chi connectivity index (χ1n) is 5.89. The van der Waals surface area contributed by atoms with Crippen molar-refractivity contribution in [1.82, 2.24) is 9.78 Å². The van der Waals surface area contributed by atoms with E-state index in [1.54, 1.807) is 29.1 Å². The van der Waals surface area contributed by atoms with Crippen molar-refractivity contribution in [2.75, 3.05) is 0 Å². The van der Waals surface area contributed by atoms with Crippen molar-refractivity contribution >= 4 is 16.9 Å². The molecule has 1 aromatic carbocycles. The topological polar surface area (TPSA) is 68.3 Å². The maximum absolute atomic E-state index is 11.4. The zero-order valence-electron chi connectivity index (χ0n) is 10.3. The molecule has 1 N–H and O–H groups in total. The first-order valence-corrected chi connectivity index (χ1v) is 5.89. The van der Waals surface area contributed by atoms with Gasteiger partial charge in [-0.25, -0.2) is 4.79 Å². The molecule has 0 aliphatic rings. The fourth-order valence-electron chi connectivity index (χ4n) is 2.14. The number of aryl methyl sites for hydroxylation is 1.